The Balaban J connectivity index is 2.27. The number of hydrogen-bond acceptors (Lipinski definition) is 3. The number of amides is 1. The molecule has 1 aromatic rings. The van der Waals surface area contributed by atoms with Gasteiger partial charge in [-0.25, -0.2) is 9.40 Å². The molecule has 4 nitrogen and oxygen atoms in total. The molecule has 2 rings (SSSR count). The molecule has 0 aliphatic carbocycles. The quantitative estimate of drug-likeness (QED) is 0.767. The largest absolute Gasteiger partial charge is 0.272 e. The van der Waals surface area contributed by atoms with E-state index in [1.165, 1.54) is 11.1 Å². The molecule has 1 atom stereocenters. The molecule has 1 aromatic heterocycles. The van der Waals surface area contributed by atoms with Crippen molar-refractivity contribution in [2.45, 2.75) is 33.2 Å². The van der Waals surface area contributed by atoms with Gasteiger partial charge in [-0.05, 0) is 11.6 Å². The Morgan fingerprint density at radius 1 is 1.44 bits per heavy atom. The molecule has 1 amide bonds. The molecule has 18 heavy (non-hydrogen) atoms. The second-order valence-electron chi connectivity index (χ2n) is 5.39. The van der Waals surface area contributed by atoms with E-state index in [9.17, 15) is 9.18 Å². The zero-order valence-corrected chi connectivity index (χ0v) is 10.7. The van der Waals surface area contributed by atoms with Crippen molar-refractivity contribution in [3.05, 3.63) is 29.8 Å². The Hall–Kier alpha value is -1.78. The highest BCUT2D eigenvalue weighted by atomic mass is 19.1. The number of nitrogens with zero attached hydrogens (tertiary/aromatic N) is 3. The van der Waals surface area contributed by atoms with Crippen LogP contribution in [0.1, 0.15) is 38.8 Å². The Morgan fingerprint density at radius 2 is 2.17 bits per heavy atom. The van der Waals surface area contributed by atoms with Gasteiger partial charge in [0.05, 0.1) is 12.2 Å². The summed E-state index contributed by atoms with van der Waals surface area (Å²) in [5.74, 6) is -0.479. The first-order chi connectivity index (χ1) is 8.39. The fourth-order valence-corrected chi connectivity index (χ4v) is 1.84. The topological polar surface area (TPSA) is 45.6 Å². The maximum atomic E-state index is 13.2. The molecule has 0 N–H and O–H groups in total. The predicted octanol–water partition coefficient (Wildman–Crippen LogP) is 2.53. The van der Waals surface area contributed by atoms with Crippen molar-refractivity contribution >= 4 is 12.1 Å². The van der Waals surface area contributed by atoms with Crippen LogP contribution in [0.2, 0.25) is 0 Å². The van der Waals surface area contributed by atoms with E-state index in [-0.39, 0.29) is 11.9 Å². The van der Waals surface area contributed by atoms with Crippen LogP contribution < -0.4 is 0 Å². The van der Waals surface area contributed by atoms with E-state index >= 15 is 0 Å². The van der Waals surface area contributed by atoms with Crippen molar-refractivity contribution in [3.8, 4) is 0 Å². The number of halogens is 1. The number of aromatic nitrogens is 1. The third kappa shape index (κ3) is 2.39. The van der Waals surface area contributed by atoms with Crippen LogP contribution in [0.5, 0.6) is 0 Å². The van der Waals surface area contributed by atoms with Crippen molar-refractivity contribution < 1.29 is 9.18 Å². The second-order valence-corrected chi connectivity index (χ2v) is 5.39. The van der Waals surface area contributed by atoms with Gasteiger partial charge in [0.15, 0.2) is 0 Å². The summed E-state index contributed by atoms with van der Waals surface area (Å²) < 4.78 is 13.2. The molecular formula is C13H16FN3O. The molecule has 0 fully saturated rings. The SMILES string of the molecule is CC(C)(C)C(=O)N1N=CC[C@H]1c1cncc(F)c1. The molecular weight excluding hydrogens is 233 g/mol. The van der Waals surface area contributed by atoms with Crippen molar-refractivity contribution in [2.24, 2.45) is 10.5 Å². The lowest BCUT2D eigenvalue weighted by Gasteiger charge is -2.28. The number of carbonyl (C=O) groups excluding carboxylic acids is 1. The van der Waals surface area contributed by atoms with Crippen LogP contribution in [0.25, 0.3) is 0 Å². The first-order valence-corrected chi connectivity index (χ1v) is 5.86. The molecule has 0 spiro atoms. The maximum Gasteiger partial charge on any atom is 0.248 e. The van der Waals surface area contributed by atoms with E-state index in [2.05, 4.69) is 10.1 Å². The molecule has 0 aromatic carbocycles. The Labute approximate surface area is 106 Å². The van der Waals surface area contributed by atoms with Gasteiger partial charge in [0, 0.05) is 24.2 Å². The zero-order chi connectivity index (χ0) is 13.3. The number of carbonyl (C=O) groups is 1. The number of rotatable bonds is 1. The van der Waals surface area contributed by atoms with Gasteiger partial charge in [-0.15, -0.1) is 0 Å². The fourth-order valence-electron chi connectivity index (χ4n) is 1.84. The second kappa shape index (κ2) is 4.48. The van der Waals surface area contributed by atoms with Gasteiger partial charge < -0.3 is 0 Å². The summed E-state index contributed by atoms with van der Waals surface area (Å²) in [4.78, 5) is 16.0. The van der Waals surface area contributed by atoms with Crippen LogP contribution in [0.3, 0.4) is 0 Å². The highest BCUT2D eigenvalue weighted by Gasteiger charge is 2.35. The van der Waals surface area contributed by atoms with Crippen molar-refractivity contribution in [1.82, 2.24) is 9.99 Å². The molecule has 1 aliphatic rings. The summed E-state index contributed by atoms with van der Waals surface area (Å²) in [6.45, 7) is 5.51. The molecule has 0 bridgehead atoms. The van der Waals surface area contributed by atoms with E-state index in [4.69, 9.17) is 0 Å². The molecule has 96 valence electrons. The number of pyridine rings is 1. The Bertz CT molecular complexity index is 493. The van der Waals surface area contributed by atoms with Gasteiger partial charge in [-0.3, -0.25) is 9.78 Å². The Morgan fingerprint density at radius 3 is 2.78 bits per heavy atom. The minimum Gasteiger partial charge on any atom is -0.272 e. The van der Waals surface area contributed by atoms with Crippen LogP contribution in [0, 0.1) is 11.2 Å². The summed E-state index contributed by atoms with van der Waals surface area (Å²) in [6, 6.07) is 1.15. The van der Waals surface area contributed by atoms with Crippen LogP contribution in [-0.4, -0.2) is 22.1 Å². The van der Waals surface area contributed by atoms with Gasteiger partial charge in [0.2, 0.25) is 5.91 Å². The van der Waals surface area contributed by atoms with Gasteiger partial charge in [0.25, 0.3) is 0 Å². The van der Waals surface area contributed by atoms with Gasteiger partial charge >= 0.3 is 0 Å². The minimum atomic E-state index is -0.513. The molecule has 2 heterocycles. The summed E-state index contributed by atoms with van der Waals surface area (Å²) >= 11 is 0. The van der Waals surface area contributed by atoms with E-state index in [1.54, 1.807) is 12.4 Å². The molecule has 0 saturated carbocycles. The highest BCUT2D eigenvalue weighted by molar-refractivity contribution is 5.84. The molecule has 0 saturated heterocycles. The van der Waals surface area contributed by atoms with Gasteiger partial charge in [0.1, 0.15) is 5.82 Å². The van der Waals surface area contributed by atoms with Crippen molar-refractivity contribution in [3.63, 3.8) is 0 Å². The van der Waals surface area contributed by atoms with E-state index in [1.807, 2.05) is 20.8 Å². The highest BCUT2D eigenvalue weighted by Crippen LogP contribution is 2.32. The van der Waals surface area contributed by atoms with Crippen molar-refractivity contribution in [1.29, 1.82) is 0 Å². The van der Waals surface area contributed by atoms with Crippen LogP contribution in [-0.2, 0) is 4.79 Å². The smallest absolute Gasteiger partial charge is 0.248 e. The molecule has 5 heteroatoms. The van der Waals surface area contributed by atoms with Crippen molar-refractivity contribution in [2.75, 3.05) is 0 Å². The van der Waals surface area contributed by atoms with E-state index in [0.717, 1.165) is 6.20 Å². The molecule has 0 radical (unpaired) electrons. The van der Waals surface area contributed by atoms with Crippen LogP contribution in [0.15, 0.2) is 23.6 Å². The summed E-state index contributed by atoms with van der Waals surface area (Å²) in [5.41, 5.74) is 0.158. The fraction of sp³-hybridized carbons (Fsp3) is 0.462. The lowest BCUT2D eigenvalue weighted by atomic mass is 9.94. The molecule has 0 unspecified atom stereocenters. The number of hydrogen-bond donors (Lipinski definition) is 0. The number of hydrazone groups is 1. The summed E-state index contributed by atoms with van der Waals surface area (Å²) in [6.07, 6.45) is 4.99. The third-order valence-electron chi connectivity index (χ3n) is 2.79. The van der Waals surface area contributed by atoms with Crippen LogP contribution in [0.4, 0.5) is 4.39 Å². The lowest BCUT2D eigenvalue weighted by molar-refractivity contribution is -0.141. The predicted molar refractivity (Wildman–Crippen MR) is 66.3 cm³/mol. The van der Waals surface area contributed by atoms with E-state index in [0.29, 0.717) is 12.0 Å². The zero-order valence-electron chi connectivity index (χ0n) is 10.7. The lowest BCUT2D eigenvalue weighted by Crippen LogP contribution is -2.36. The maximum absolute atomic E-state index is 13.2. The first-order valence-electron chi connectivity index (χ1n) is 5.86. The molecule has 1 aliphatic heterocycles. The monoisotopic (exact) mass is 249 g/mol. The third-order valence-corrected chi connectivity index (χ3v) is 2.79. The normalized spacial score (nSPS) is 19.3. The first kappa shape index (κ1) is 12.7. The average molecular weight is 249 g/mol. The standard InChI is InChI=1S/C13H16FN3O/c1-13(2,3)12(18)17-11(4-5-16-17)9-6-10(14)8-15-7-9/h5-8,11H,4H2,1-3H3/t11-/m0/s1. The van der Waals surface area contributed by atoms with Gasteiger partial charge in [-0.1, -0.05) is 20.8 Å². The van der Waals surface area contributed by atoms with E-state index < -0.39 is 11.2 Å². The minimum absolute atomic E-state index is 0.0782. The Kier molecular flexibility index (Phi) is 3.15. The van der Waals surface area contributed by atoms with Gasteiger partial charge in [-0.2, -0.15) is 5.10 Å². The van der Waals surface area contributed by atoms with Crippen LogP contribution >= 0.6 is 0 Å². The summed E-state index contributed by atoms with van der Waals surface area (Å²) in [7, 11) is 0. The summed E-state index contributed by atoms with van der Waals surface area (Å²) in [5, 5.41) is 5.53. The average Bonchev–Trinajstić information content (AvgIpc) is 2.75.